The summed E-state index contributed by atoms with van der Waals surface area (Å²) in [6.07, 6.45) is 2.07. The maximum atomic E-state index is 13.1. The van der Waals surface area contributed by atoms with Gasteiger partial charge in [-0.3, -0.25) is 9.59 Å². The van der Waals surface area contributed by atoms with E-state index in [1.807, 2.05) is 42.2 Å². The van der Waals surface area contributed by atoms with Crippen LogP contribution in [0, 0.1) is 12.8 Å². The molecule has 30 heavy (non-hydrogen) atoms. The van der Waals surface area contributed by atoms with Crippen molar-refractivity contribution in [2.45, 2.75) is 33.6 Å². The van der Waals surface area contributed by atoms with Crippen LogP contribution < -0.4 is 5.32 Å². The Hall–Kier alpha value is -3.21. The maximum Gasteiger partial charge on any atom is 0.272 e. The Kier molecular flexibility index (Phi) is 5.53. The van der Waals surface area contributed by atoms with Crippen molar-refractivity contribution in [3.63, 3.8) is 0 Å². The van der Waals surface area contributed by atoms with Gasteiger partial charge in [0, 0.05) is 29.7 Å². The second-order valence-electron chi connectivity index (χ2n) is 8.31. The van der Waals surface area contributed by atoms with E-state index in [0.717, 1.165) is 53.8 Å². The van der Waals surface area contributed by atoms with Crippen LogP contribution in [0.15, 0.2) is 48.5 Å². The van der Waals surface area contributed by atoms with E-state index in [1.54, 1.807) is 19.1 Å². The predicted molar refractivity (Wildman–Crippen MR) is 121 cm³/mol. The fourth-order valence-corrected chi connectivity index (χ4v) is 3.87. The number of aromatic nitrogens is 1. The number of nitrogens with zero attached hydrogens (tertiary/aromatic N) is 2. The quantitative estimate of drug-likeness (QED) is 0.598. The van der Waals surface area contributed by atoms with Crippen LogP contribution in [0.4, 0.5) is 11.4 Å². The van der Waals surface area contributed by atoms with Gasteiger partial charge in [0.25, 0.3) is 5.91 Å². The number of piperidine rings is 1. The molecule has 5 heteroatoms. The van der Waals surface area contributed by atoms with E-state index in [-0.39, 0.29) is 11.7 Å². The second kappa shape index (κ2) is 8.27. The lowest BCUT2D eigenvalue weighted by molar-refractivity contribution is 0.0691. The molecule has 0 bridgehead atoms. The van der Waals surface area contributed by atoms with Crippen molar-refractivity contribution >= 4 is 34.0 Å². The number of fused-ring (bicyclic) bond motifs is 1. The van der Waals surface area contributed by atoms with Crippen molar-refractivity contribution < 1.29 is 9.59 Å². The number of benzene rings is 2. The fourth-order valence-electron chi connectivity index (χ4n) is 3.87. The molecule has 1 amide bonds. The number of pyridine rings is 1. The van der Waals surface area contributed by atoms with Crippen molar-refractivity contribution in [2.75, 3.05) is 18.4 Å². The topological polar surface area (TPSA) is 62.3 Å². The molecule has 1 N–H and O–H groups in total. The Morgan fingerprint density at radius 3 is 2.40 bits per heavy atom. The third kappa shape index (κ3) is 4.20. The summed E-state index contributed by atoms with van der Waals surface area (Å²) in [5, 5.41) is 4.39. The molecule has 0 saturated carbocycles. The number of aryl methyl sites for hydroxylation is 1. The van der Waals surface area contributed by atoms with E-state index in [0.29, 0.717) is 17.2 Å². The molecule has 4 rings (SSSR count). The molecule has 5 nitrogen and oxygen atoms in total. The van der Waals surface area contributed by atoms with Gasteiger partial charge in [-0.25, -0.2) is 4.98 Å². The lowest BCUT2D eigenvalue weighted by Crippen LogP contribution is -2.38. The number of amides is 1. The summed E-state index contributed by atoms with van der Waals surface area (Å²) >= 11 is 0. The first kappa shape index (κ1) is 20.1. The van der Waals surface area contributed by atoms with E-state index >= 15 is 0 Å². The molecule has 1 aromatic heterocycles. The van der Waals surface area contributed by atoms with Crippen LogP contribution in [0.1, 0.15) is 53.1 Å². The maximum absolute atomic E-state index is 13.1. The van der Waals surface area contributed by atoms with Crippen LogP contribution >= 0.6 is 0 Å². The van der Waals surface area contributed by atoms with Crippen molar-refractivity contribution in [1.82, 2.24) is 9.88 Å². The molecule has 0 unspecified atom stereocenters. The van der Waals surface area contributed by atoms with Crippen molar-refractivity contribution in [1.29, 1.82) is 0 Å². The number of rotatable bonds is 4. The monoisotopic (exact) mass is 401 g/mol. The lowest BCUT2D eigenvalue weighted by Gasteiger charge is -2.30. The second-order valence-corrected chi connectivity index (χ2v) is 8.31. The summed E-state index contributed by atoms with van der Waals surface area (Å²) in [6.45, 7) is 7.39. The molecule has 1 fully saturated rings. The molecule has 1 saturated heterocycles. The van der Waals surface area contributed by atoms with Crippen LogP contribution in [-0.2, 0) is 0 Å². The van der Waals surface area contributed by atoms with Crippen molar-refractivity contribution in [3.05, 3.63) is 65.4 Å². The number of ketones is 1. The first-order valence-electron chi connectivity index (χ1n) is 10.5. The Labute approximate surface area is 177 Å². The molecule has 3 aromatic rings. The van der Waals surface area contributed by atoms with Gasteiger partial charge in [0.2, 0.25) is 0 Å². The van der Waals surface area contributed by atoms with Crippen LogP contribution in [0.3, 0.4) is 0 Å². The van der Waals surface area contributed by atoms with Gasteiger partial charge in [0.15, 0.2) is 5.78 Å². The van der Waals surface area contributed by atoms with Crippen molar-refractivity contribution in [3.8, 4) is 0 Å². The van der Waals surface area contributed by atoms with Gasteiger partial charge in [-0.2, -0.15) is 0 Å². The molecule has 0 atom stereocenters. The normalized spacial score (nSPS) is 14.7. The number of carbonyl (C=O) groups excluding carboxylic acids is 2. The van der Waals surface area contributed by atoms with Gasteiger partial charge in [-0.1, -0.05) is 18.6 Å². The summed E-state index contributed by atoms with van der Waals surface area (Å²) in [5.41, 5.74) is 4.75. The molecule has 0 radical (unpaired) electrons. The highest BCUT2D eigenvalue weighted by Gasteiger charge is 2.23. The van der Waals surface area contributed by atoms with E-state index in [9.17, 15) is 9.59 Å². The van der Waals surface area contributed by atoms with E-state index in [4.69, 9.17) is 0 Å². The smallest absolute Gasteiger partial charge is 0.272 e. The SMILES string of the molecule is CC(=O)c1ccc(Nc2cc(C(=O)N3CCC(C)CC3)nc3ccc(C)cc23)cc1. The lowest BCUT2D eigenvalue weighted by atomic mass is 9.99. The highest BCUT2D eigenvalue weighted by molar-refractivity contribution is 6.01. The number of nitrogens with one attached hydrogen (secondary N) is 1. The zero-order valence-electron chi connectivity index (χ0n) is 17.7. The Morgan fingerprint density at radius 2 is 1.73 bits per heavy atom. The number of Topliss-reactive ketones (excluding diaryl/α,β-unsaturated/α-hetero) is 1. The average Bonchev–Trinajstić information content (AvgIpc) is 2.74. The average molecular weight is 402 g/mol. The standard InChI is InChI=1S/C25H27N3O2/c1-16-10-12-28(13-11-16)25(30)24-15-23(21-14-17(2)4-9-22(21)27-24)26-20-7-5-19(6-8-20)18(3)29/h4-9,14-16H,10-13H2,1-3H3,(H,26,27). The summed E-state index contributed by atoms with van der Waals surface area (Å²) in [4.78, 5) is 31.3. The van der Waals surface area contributed by atoms with Gasteiger partial charge in [-0.05, 0) is 75.1 Å². The first-order chi connectivity index (χ1) is 14.4. The molecule has 2 heterocycles. The highest BCUT2D eigenvalue weighted by atomic mass is 16.2. The fraction of sp³-hybridized carbons (Fsp3) is 0.320. The van der Waals surface area contributed by atoms with E-state index in [2.05, 4.69) is 23.3 Å². The van der Waals surface area contributed by atoms with Gasteiger partial charge in [-0.15, -0.1) is 0 Å². The summed E-state index contributed by atoms with van der Waals surface area (Å²) in [6, 6.07) is 15.3. The van der Waals surface area contributed by atoms with Crippen molar-refractivity contribution in [2.24, 2.45) is 5.92 Å². The van der Waals surface area contributed by atoms with Gasteiger partial charge in [0.1, 0.15) is 5.69 Å². The molecule has 2 aromatic carbocycles. The van der Waals surface area contributed by atoms with Gasteiger partial charge >= 0.3 is 0 Å². The number of hydrogen-bond donors (Lipinski definition) is 1. The molecule has 0 spiro atoms. The summed E-state index contributed by atoms with van der Waals surface area (Å²) in [5.74, 6) is 0.686. The van der Waals surface area contributed by atoms with Crippen LogP contribution in [0.25, 0.3) is 10.9 Å². The first-order valence-corrected chi connectivity index (χ1v) is 10.5. The van der Waals surface area contributed by atoms with Crippen LogP contribution in [0.5, 0.6) is 0 Å². The summed E-state index contributed by atoms with van der Waals surface area (Å²) < 4.78 is 0. The van der Waals surface area contributed by atoms with Gasteiger partial charge in [0.05, 0.1) is 11.2 Å². The Bertz CT molecular complexity index is 1100. The molecular formula is C25H27N3O2. The molecule has 1 aliphatic rings. The minimum atomic E-state index is -0.0145. The predicted octanol–water partition coefficient (Wildman–Crippen LogP) is 5.36. The van der Waals surface area contributed by atoms with Crippen LogP contribution in [0.2, 0.25) is 0 Å². The van der Waals surface area contributed by atoms with E-state index < -0.39 is 0 Å². The summed E-state index contributed by atoms with van der Waals surface area (Å²) in [7, 11) is 0. The molecule has 1 aliphatic heterocycles. The molecule has 154 valence electrons. The zero-order chi connectivity index (χ0) is 21.3. The minimum absolute atomic E-state index is 0.0145. The minimum Gasteiger partial charge on any atom is -0.355 e. The Morgan fingerprint density at radius 1 is 1.03 bits per heavy atom. The number of hydrogen-bond acceptors (Lipinski definition) is 4. The van der Waals surface area contributed by atoms with E-state index in [1.165, 1.54) is 0 Å². The third-order valence-corrected chi connectivity index (χ3v) is 5.82. The zero-order valence-corrected chi connectivity index (χ0v) is 17.7. The van der Waals surface area contributed by atoms with Crippen LogP contribution in [-0.4, -0.2) is 34.7 Å². The number of likely N-dealkylation sites (tertiary alicyclic amines) is 1. The van der Waals surface area contributed by atoms with Gasteiger partial charge < -0.3 is 10.2 Å². The third-order valence-electron chi connectivity index (χ3n) is 5.82. The number of anilines is 2. The molecule has 0 aliphatic carbocycles. The molecular weight excluding hydrogens is 374 g/mol. The number of carbonyl (C=O) groups is 2. The Balaban J connectivity index is 1.70. The largest absolute Gasteiger partial charge is 0.355 e. The highest BCUT2D eigenvalue weighted by Crippen LogP contribution is 2.29.